The third-order valence-electron chi connectivity index (χ3n) is 3.42. The summed E-state index contributed by atoms with van der Waals surface area (Å²) in [5, 5.41) is 9.10. The van der Waals surface area contributed by atoms with Gasteiger partial charge in [-0.25, -0.2) is 27.0 Å². The molecular formula is C13H9F2NO4S. The number of halogens is 2. The highest BCUT2D eigenvalue weighted by Crippen LogP contribution is 2.30. The molecular weight excluding hydrogens is 304 g/mol. The largest absolute Gasteiger partial charge is 0.478 e. The van der Waals surface area contributed by atoms with Crippen LogP contribution in [-0.4, -0.2) is 30.2 Å². The van der Waals surface area contributed by atoms with Gasteiger partial charge in [0.15, 0.2) is 15.7 Å². The Labute approximate surface area is 118 Å². The van der Waals surface area contributed by atoms with Gasteiger partial charge >= 0.3 is 5.97 Å². The number of carbonyl (C=O) groups is 1. The van der Waals surface area contributed by atoms with Gasteiger partial charge in [-0.05, 0) is 6.07 Å². The quantitative estimate of drug-likeness (QED) is 0.866. The average Bonchev–Trinajstić information content (AvgIpc) is 2.35. The molecule has 8 heteroatoms. The van der Waals surface area contributed by atoms with Crippen LogP contribution in [0.4, 0.5) is 8.78 Å². The van der Waals surface area contributed by atoms with Crippen LogP contribution >= 0.6 is 0 Å². The molecule has 0 amide bonds. The van der Waals surface area contributed by atoms with Gasteiger partial charge < -0.3 is 5.11 Å². The van der Waals surface area contributed by atoms with Crippen molar-refractivity contribution in [2.24, 2.45) is 0 Å². The molecule has 0 atom stereocenters. The fourth-order valence-corrected chi connectivity index (χ4v) is 3.93. The van der Waals surface area contributed by atoms with E-state index in [1.165, 1.54) is 0 Å². The standard InChI is InChI=1S/C13H9F2NO4S/c14-6-3-7-11(13(17)18)8-5-21(19,20)2-1-10(8)16-12(7)9(15)4-6/h3-4H,1-2,5H2,(H,17,18). The van der Waals surface area contributed by atoms with E-state index in [1.807, 2.05) is 0 Å². The molecule has 0 spiro atoms. The second-order valence-electron chi connectivity index (χ2n) is 4.84. The van der Waals surface area contributed by atoms with E-state index in [-0.39, 0.29) is 34.3 Å². The lowest BCUT2D eigenvalue weighted by Gasteiger charge is -2.19. The molecule has 0 saturated carbocycles. The third kappa shape index (κ3) is 2.25. The van der Waals surface area contributed by atoms with Crippen LogP contribution in [0, 0.1) is 11.6 Å². The lowest BCUT2D eigenvalue weighted by atomic mass is 9.99. The van der Waals surface area contributed by atoms with E-state index in [9.17, 15) is 27.1 Å². The van der Waals surface area contributed by atoms with Crippen molar-refractivity contribution >= 4 is 26.7 Å². The normalized spacial score (nSPS) is 16.7. The van der Waals surface area contributed by atoms with E-state index in [4.69, 9.17) is 0 Å². The summed E-state index contributed by atoms with van der Waals surface area (Å²) in [7, 11) is -3.43. The average molecular weight is 313 g/mol. The van der Waals surface area contributed by atoms with E-state index in [1.54, 1.807) is 0 Å². The van der Waals surface area contributed by atoms with Crippen LogP contribution in [-0.2, 0) is 22.0 Å². The molecule has 1 aromatic heterocycles. The summed E-state index contributed by atoms with van der Waals surface area (Å²) >= 11 is 0. The van der Waals surface area contributed by atoms with Crippen LogP contribution in [0.2, 0.25) is 0 Å². The topological polar surface area (TPSA) is 84.3 Å². The molecule has 1 N–H and O–H groups in total. The minimum atomic E-state index is -3.43. The van der Waals surface area contributed by atoms with Crippen LogP contribution < -0.4 is 0 Å². The first-order valence-electron chi connectivity index (χ1n) is 6.03. The zero-order valence-corrected chi connectivity index (χ0v) is 11.4. The lowest BCUT2D eigenvalue weighted by molar-refractivity contribution is 0.0698. The Morgan fingerprint density at radius 1 is 1.29 bits per heavy atom. The first-order valence-corrected chi connectivity index (χ1v) is 7.85. The zero-order valence-electron chi connectivity index (χ0n) is 10.6. The summed E-state index contributed by atoms with van der Waals surface area (Å²) in [6.45, 7) is 0. The van der Waals surface area contributed by atoms with Gasteiger partial charge in [0.2, 0.25) is 0 Å². The van der Waals surface area contributed by atoms with Crippen molar-refractivity contribution in [1.29, 1.82) is 0 Å². The van der Waals surface area contributed by atoms with Crippen molar-refractivity contribution in [3.05, 3.63) is 40.6 Å². The van der Waals surface area contributed by atoms with Gasteiger partial charge in [-0.3, -0.25) is 0 Å². The van der Waals surface area contributed by atoms with Crippen molar-refractivity contribution in [3.8, 4) is 0 Å². The molecule has 0 saturated heterocycles. The number of carboxylic acids is 1. The van der Waals surface area contributed by atoms with Crippen LogP contribution in [0.15, 0.2) is 12.1 Å². The zero-order chi connectivity index (χ0) is 15.4. The molecule has 110 valence electrons. The monoisotopic (exact) mass is 313 g/mol. The van der Waals surface area contributed by atoms with Crippen molar-refractivity contribution in [1.82, 2.24) is 4.98 Å². The predicted octanol–water partition coefficient (Wildman–Crippen LogP) is 1.68. The Morgan fingerprint density at radius 3 is 2.67 bits per heavy atom. The van der Waals surface area contributed by atoms with E-state index in [2.05, 4.69) is 4.98 Å². The molecule has 1 aromatic carbocycles. The molecule has 5 nitrogen and oxygen atoms in total. The number of carboxylic acid groups (broad SMARTS) is 1. The highest BCUT2D eigenvalue weighted by atomic mass is 32.2. The maximum Gasteiger partial charge on any atom is 0.336 e. The SMILES string of the molecule is O=C(O)c1c2c(nc3c(F)cc(F)cc13)CCS(=O)(=O)C2. The van der Waals surface area contributed by atoms with E-state index in [0.29, 0.717) is 6.07 Å². The molecule has 2 aromatic rings. The fourth-order valence-electron chi connectivity index (χ4n) is 2.53. The molecule has 3 rings (SSSR count). The van der Waals surface area contributed by atoms with E-state index >= 15 is 0 Å². The Kier molecular flexibility index (Phi) is 2.94. The summed E-state index contributed by atoms with van der Waals surface area (Å²) in [6.07, 6.45) is 0.0186. The van der Waals surface area contributed by atoms with Crippen molar-refractivity contribution in [2.45, 2.75) is 12.2 Å². The Hall–Kier alpha value is -2.09. The van der Waals surface area contributed by atoms with Crippen LogP contribution in [0.5, 0.6) is 0 Å². The Morgan fingerprint density at radius 2 is 2.00 bits per heavy atom. The van der Waals surface area contributed by atoms with E-state index < -0.39 is 38.8 Å². The van der Waals surface area contributed by atoms with Gasteiger partial charge in [-0.2, -0.15) is 0 Å². The van der Waals surface area contributed by atoms with Crippen molar-refractivity contribution in [3.63, 3.8) is 0 Å². The van der Waals surface area contributed by atoms with Crippen molar-refractivity contribution in [2.75, 3.05) is 5.75 Å². The van der Waals surface area contributed by atoms with Crippen molar-refractivity contribution < 1.29 is 27.1 Å². The number of nitrogens with zero attached hydrogens (tertiary/aromatic N) is 1. The van der Waals surface area contributed by atoms with Gasteiger partial charge in [-0.15, -0.1) is 0 Å². The number of aromatic carboxylic acids is 1. The molecule has 0 bridgehead atoms. The lowest BCUT2D eigenvalue weighted by Crippen LogP contribution is -2.23. The number of pyridine rings is 1. The number of aryl methyl sites for hydroxylation is 1. The summed E-state index contributed by atoms with van der Waals surface area (Å²) in [5.74, 6) is -3.99. The van der Waals surface area contributed by atoms with Crippen LogP contribution in [0.3, 0.4) is 0 Å². The molecule has 1 aliphatic heterocycles. The van der Waals surface area contributed by atoms with Crippen LogP contribution in [0.1, 0.15) is 21.6 Å². The highest BCUT2D eigenvalue weighted by molar-refractivity contribution is 7.90. The summed E-state index contributed by atoms with van der Waals surface area (Å²) in [4.78, 5) is 15.4. The maximum atomic E-state index is 13.8. The molecule has 1 aliphatic rings. The highest BCUT2D eigenvalue weighted by Gasteiger charge is 2.29. The second-order valence-corrected chi connectivity index (χ2v) is 7.03. The molecule has 0 fully saturated rings. The van der Waals surface area contributed by atoms with Gasteiger partial charge in [-0.1, -0.05) is 0 Å². The Bertz CT molecular complexity index is 893. The molecule has 0 radical (unpaired) electrons. The first-order chi connectivity index (χ1) is 9.78. The number of fused-ring (bicyclic) bond motifs is 2. The molecule has 21 heavy (non-hydrogen) atoms. The fraction of sp³-hybridized carbons (Fsp3) is 0.231. The number of sulfone groups is 1. The number of aromatic nitrogens is 1. The molecule has 0 aliphatic carbocycles. The third-order valence-corrected chi connectivity index (χ3v) is 4.98. The van der Waals surface area contributed by atoms with Gasteiger partial charge in [0.05, 0.1) is 17.1 Å². The second kappa shape index (κ2) is 4.45. The van der Waals surface area contributed by atoms with Gasteiger partial charge in [0, 0.05) is 29.1 Å². The first kappa shape index (κ1) is 13.9. The summed E-state index contributed by atoms with van der Waals surface area (Å²) < 4.78 is 50.5. The number of hydrogen-bond acceptors (Lipinski definition) is 4. The van der Waals surface area contributed by atoms with Crippen LogP contribution in [0.25, 0.3) is 10.9 Å². The van der Waals surface area contributed by atoms with E-state index in [0.717, 1.165) is 6.07 Å². The number of benzene rings is 1. The minimum absolute atomic E-state index is 0.0186. The maximum absolute atomic E-state index is 13.8. The molecule has 2 heterocycles. The van der Waals surface area contributed by atoms with Gasteiger partial charge in [0.25, 0.3) is 0 Å². The molecule has 0 unspecified atom stereocenters. The number of hydrogen-bond donors (Lipinski definition) is 1. The predicted molar refractivity (Wildman–Crippen MR) is 69.8 cm³/mol. The van der Waals surface area contributed by atoms with Gasteiger partial charge in [0.1, 0.15) is 11.3 Å². The smallest absolute Gasteiger partial charge is 0.336 e. The summed E-state index contributed by atoms with van der Waals surface area (Å²) in [6, 6.07) is 1.48. The number of rotatable bonds is 1. The summed E-state index contributed by atoms with van der Waals surface area (Å²) in [5.41, 5.74) is -0.394. The Balaban J connectivity index is 2.46. The minimum Gasteiger partial charge on any atom is -0.478 e.